The van der Waals surface area contributed by atoms with E-state index in [0.29, 0.717) is 10.2 Å². The highest BCUT2D eigenvalue weighted by Crippen LogP contribution is 2.24. The molecule has 140 valence electrons. The first-order chi connectivity index (χ1) is 12.9. The first kappa shape index (κ1) is 19.5. The van der Waals surface area contributed by atoms with Gasteiger partial charge in [-0.3, -0.25) is 9.78 Å². The summed E-state index contributed by atoms with van der Waals surface area (Å²) in [4.78, 5) is 20.6. The van der Waals surface area contributed by atoms with Crippen LogP contribution in [0.1, 0.15) is 12.8 Å². The number of rotatable bonds is 7. The van der Waals surface area contributed by atoms with Crippen LogP contribution >= 0.6 is 22.9 Å². The van der Waals surface area contributed by atoms with Crippen molar-refractivity contribution >= 4 is 43.8 Å². The Morgan fingerprint density at radius 1 is 1.11 bits per heavy atom. The molecule has 3 rings (SSSR count). The molecule has 0 radical (unpaired) electrons. The summed E-state index contributed by atoms with van der Waals surface area (Å²) in [5.74, 6) is -0.376. The predicted molar refractivity (Wildman–Crippen MR) is 107 cm³/mol. The van der Waals surface area contributed by atoms with Gasteiger partial charge in [-0.1, -0.05) is 11.6 Å². The summed E-state index contributed by atoms with van der Waals surface area (Å²) in [5, 5.41) is 5.50. The van der Waals surface area contributed by atoms with Gasteiger partial charge in [-0.25, -0.2) is 13.4 Å². The van der Waals surface area contributed by atoms with Crippen LogP contribution in [0.15, 0.2) is 59.1 Å². The fourth-order valence-electron chi connectivity index (χ4n) is 2.35. The number of pyridine rings is 1. The number of amides is 1. The van der Waals surface area contributed by atoms with Gasteiger partial charge in [-0.15, -0.1) is 11.3 Å². The number of nitrogens with zero attached hydrogens (tertiary/aromatic N) is 2. The molecule has 27 heavy (non-hydrogen) atoms. The molecule has 0 fully saturated rings. The topological polar surface area (TPSA) is 89.0 Å². The average molecular weight is 422 g/mol. The molecule has 0 saturated heterocycles. The lowest BCUT2D eigenvalue weighted by atomic mass is 10.2. The minimum atomic E-state index is -3.44. The van der Waals surface area contributed by atoms with E-state index in [0.717, 1.165) is 11.3 Å². The lowest BCUT2D eigenvalue weighted by molar-refractivity contribution is -0.116. The molecule has 1 aromatic carbocycles. The number of thiazole rings is 1. The zero-order valence-corrected chi connectivity index (χ0v) is 16.5. The van der Waals surface area contributed by atoms with Crippen molar-refractivity contribution < 1.29 is 13.2 Å². The van der Waals surface area contributed by atoms with E-state index in [1.807, 2.05) is 17.5 Å². The number of nitrogens with one attached hydrogen (secondary N) is 1. The quantitative estimate of drug-likeness (QED) is 0.621. The number of aromatic nitrogens is 2. The van der Waals surface area contributed by atoms with Crippen LogP contribution in [0, 0.1) is 0 Å². The van der Waals surface area contributed by atoms with E-state index in [9.17, 15) is 13.2 Å². The van der Waals surface area contributed by atoms with E-state index < -0.39 is 9.84 Å². The molecule has 2 heterocycles. The Balaban J connectivity index is 1.51. The Hall–Kier alpha value is -2.29. The number of hydrogen-bond acceptors (Lipinski definition) is 6. The highest BCUT2D eigenvalue weighted by atomic mass is 35.5. The molecule has 0 bridgehead atoms. The van der Waals surface area contributed by atoms with Crippen LogP contribution in [-0.4, -0.2) is 30.0 Å². The molecule has 0 aliphatic heterocycles. The Labute approximate surface area is 166 Å². The van der Waals surface area contributed by atoms with Gasteiger partial charge in [0, 0.05) is 34.8 Å². The van der Waals surface area contributed by atoms with Gasteiger partial charge in [0.15, 0.2) is 15.0 Å². The number of sulfone groups is 1. The monoisotopic (exact) mass is 421 g/mol. The summed E-state index contributed by atoms with van der Waals surface area (Å²) >= 11 is 7.09. The lowest BCUT2D eigenvalue weighted by Gasteiger charge is -2.05. The molecule has 3 aromatic rings. The fourth-order valence-corrected chi connectivity index (χ4v) is 4.52. The Morgan fingerprint density at radius 2 is 1.81 bits per heavy atom. The van der Waals surface area contributed by atoms with E-state index in [1.165, 1.54) is 35.6 Å². The number of hydrogen-bond donors (Lipinski definition) is 1. The van der Waals surface area contributed by atoms with E-state index in [4.69, 9.17) is 11.6 Å². The summed E-state index contributed by atoms with van der Waals surface area (Å²) in [5.41, 5.74) is 1.67. The maximum absolute atomic E-state index is 12.3. The molecule has 0 aliphatic carbocycles. The van der Waals surface area contributed by atoms with Crippen LogP contribution in [0.3, 0.4) is 0 Å². The smallest absolute Gasteiger partial charge is 0.226 e. The van der Waals surface area contributed by atoms with Crippen molar-refractivity contribution in [2.24, 2.45) is 0 Å². The van der Waals surface area contributed by atoms with E-state index in [1.54, 1.807) is 12.4 Å². The Bertz CT molecular complexity index is 1020. The second kappa shape index (κ2) is 8.60. The van der Waals surface area contributed by atoms with Crippen LogP contribution in [0.4, 0.5) is 5.13 Å². The average Bonchev–Trinajstić information content (AvgIpc) is 3.11. The van der Waals surface area contributed by atoms with Crippen molar-refractivity contribution in [2.45, 2.75) is 17.7 Å². The highest BCUT2D eigenvalue weighted by Gasteiger charge is 2.15. The molecule has 0 spiro atoms. The van der Waals surface area contributed by atoms with Crippen molar-refractivity contribution in [1.82, 2.24) is 9.97 Å². The lowest BCUT2D eigenvalue weighted by Crippen LogP contribution is -2.14. The molecule has 0 atom stereocenters. The van der Waals surface area contributed by atoms with E-state index in [-0.39, 0.29) is 29.4 Å². The largest absolute Gasteiger partial charge is 0.302 e. The molecule has 6 nitrogen and oxygen atoms in total. The molecular formula is C18H16ClN3O3S2. The van der Waals surface area contributed by atoms with Gasteiger partial charge >= 0.3 is 0 Å². The zero-order chi connectivity index (χ0) is 19.3. The van der Waals surface area contributed by atoms with Crippen LogP contribution in [0.5, 0.6) is 0 Å². The van der Waals surface area contributed by atoms with Gasteiger partial charge in [-0.05, 0) is 42.8 Å². The molecule has 0 saturated carbocycles. The van der Waals surface area contributed by atoms with E-state index >= 15 is 0 Å². The molecule has 2 aromatic heterocycles. The summed E-state index contributed by atoms with van der Waals surface area (Å²) in [7, 11) is -3.44. The Morgan fingerprint density at radius 3 is 2.52 bits per heavy atom. The third-order valence-electron chi connectivity index (χ3n) is 3.72. The summed E-state index contributed by atoms with van der Waals surface area (Å²) in [6.07, 6.45) is 3.67. The van der Waals surface area contributed by atoms with Crippen molar-refractivity contribution in [3.05, 3.63) is 59.2 Å². The SMILES string of the molecule is O=C(CCCS(=O)(=O)c1ccc(Cl)cc1)Nc1nc(-c2ccncc2)cs1. The number of benzene rings is 1. The summed E-state index contributed by atoms with van der Waals surface area (Å²) in [6, 6.07) is 9.67. The van der Waals surface area contributed by atoms with Crippen LogP contribution < -0.4 is 5.32 Å². The maximum Gasteiger partial charge on any atom is 0.226 e. The predicted octanol–water partition coefficient (Wildman–Crippen LogP) is 4.05. The van der Waals surface area contributed by atoms with Gasteiger partial charge < -0.3 is 5.32 Å². The zero-order valence-electron chi connectivity index (χ0n) is 14.1. The van der Waals surface area contributed by atoms with Gasteiger partial charge in [0.1, 0.15) is 0 Å². The summed E-state index contributed by atoms with van der Waals surface area (Å²) in [6.45, 7) is 0. The first-order valence-corrected chi connectivity index (χ1v) is 11.0. The number of carbonyl (C=O) groups is 1. The molecule has 1 amide bonds. The molecule has 0 aliphatic rings. The van der Waals surface area contributed by atoms with Gasteiger partial charge in [0.25, 0.3) is 0 Å². The first-order valence-electron chi connectivity index (χ1n) is 8.08. The molecule has 9 heteroatoms. The van der Waals surface area contributed by atoms with Crippen molar-refractivity contribution in [3.63, 3.8) is 0 Å². The van der Waals surface area contributed by atoms with Crippen molar-refractivity contribution in [2.75, 3.05) is 11.1 Å². The normalized spacial score (nSPS) is 11.3. The molecular weight excluding hydrogens is 406 g/mol. The molecule has 1 N–H and O–H groups in total. The van der Waals surface area contributed by atoms with Gasteiger partial charge in [0.05, 0.1) is 16.3 Å². The van der Waals surface area contributed by atoms with Gasteiger partial charge in [0.2, 0.25) is 5.91 Å². The number of halogens is 1. The second-order valence-corrected chi connectivity index (χ2v) is 9.10. The van der Waals surface area contributed by atoms with E-state index in [2.05, 4.69) is 15.3 Å². The standard InChI is InChI=1S/C18H16ClN3O3S2/c19-14-3-5-15(6-4-14)27(24,25)11-1-2-17(23)22-18-21-16(12-26-18)13-7-9-20-10-8-13/h3-10,12H,1-2,11H2,(H,21,22,23). The van der Waals surface area contributed by atoms with Crippen LogP contribution in [-0.2, 0) is 14.6 Å². The third kappa shape index (κ3) is 5.35. The van der Waals surface area contributed by atoms with Gasteiger partial charge in [-0.2, -0.15) is 0 Å². The third-order valence-corrected chi connectivity index (χ3v) is 6.54. The van der Waals surface area contributed by atoms with Crippen LogP contribution in [0.2, 0.25) is 5.02 Å². The summed E-state index contributed by atoms with van der Waals surface area (Å²) < 4.78 is 24.5. The Kier molecular flexibility index (Phi) is 6.20. The minimum Gasteiger partial charge on any atom is -0.302 e. The number of carbonyl (C=O) groups excluding carboxylic acids is 1. The second-order valence-electron chi connectivity index (χ2n) is 5.70. The highest BCUT2D eigenvalue weighted by molar-refractivity contribution is 7.91. The van der Waals surface area contributed by atoms with Crippen molar-refractivity contribution in [1.29, 1.82) is 0 Å². The fraction of sp³-hybridized carbons (Fsp3) is 0.167. The number of anilines is 1. The molecule has 0 unspecified atom stereocenters. The van der Waals surface area contributed by atoms with Crippen molar-refractivity contribution in [3.8, 4) is 11.3 Å². The minimum absolute atomic E-state index is 0.0942. The van der Waals surface area contributed by atoms with Crippen LogP contribution in [0.25, 0.3) is 11.3 Å². The maximum atomic E-state index is 12.3.